The molecule has 1 heterocycles. The minimum atomic E-state index is -0.132. The second kappa shape index (κ2) is 7.62. The average Bonchev–Trinajstić information content (AvgIpc) is 2.64. The lowest BCUT2D eigenvalue weighted by Gasteiger charge is -2.09. The Labute approximate surface area is 147 Å². The molecule has 1 aromatic heterocycles. The van der Waals surface area contributed by atoms with Gasteiger partial charge in [0.1, 0.15) is 5.75 Å². The summed E-state index contributed by atoms with van der Waals surface area (Å²) in [5.74, 6) is 0.643. The SMILES string of the molecule is COc1ccc(C(=O)Nc2ccc(Cc3ccncc3)cc2)cc1C. The summed E-state index contributed by atoms with van der Waals surface area (Å²) in [5.41, 5.74) is 4.71. The molecule has 2 aromatic carbocycles. The van der Waals surface area contributed by atoms with Crippen molar-refractivity contribution in [3.8, 4) is 5.75 Å². The van der Waals surface area contributed by atoms with Crippen molar-refractivity contribution < 1.29 is 9.53 Å². The zero-order valence-corrected chi connectivity index (χ0v) is 14.3. The van der Waals surface area contributed by atoms with Gasteiger partial charge in [0.05, 0.1) is 7.11 Å². The molecular formula is C21H20N2O2. The van der Waals surface area contributed by atoms with Gasteiger partial charge in [-0.3, -0.25) is 9.78 Å². The predicted octanol–water partition coefficient (Wildman–Crippen LogP) is 4.24. The first kappa shape index (κ1) is 16.7. The number of benzene rings is 2. The average molecular weight is 332 g/mol. The fourth-order valence-electron chi connectivity index (χ4n) is 2.67. The van der Waals surface area contributed by atoms with Crippen molar-refractivity contribution >= 4 is 11.6 Å². The third-order valence-corrected chi connectivity index (χ3v) is 4.03. The van der Waals surface area contributed by atoms with Gasteiger partial charge in [-0.05, 0) is 72.5 Å². The van der Waals surface area contributed by atoms with Gasteiger partial charge in [-0.1, -0.05) is 12.1 Å². The Morgan fingerprint density at radius 2 is 1.68 bits per heavy atom. The number of pyridine rings is 1. The van der Waals surface area contributed by atoms with Gasteiger partial charge >= 0.3 is 0 Å². The highest BCUT2D eigenvalue weighted by Gasteiger charge is 2.08. The number of rotatable bonds is 5. The van der Waals surface area contributed by atoms with Crippen LogP contribution in [0.25, 0.3) is 0 Å². The van der Waals surface area contributed by atoms with Crippen molar-refractivity contribution in [3.05, 3.63) is 89.2 Å². The molecule has 1 amide bonds. The van der Waals surface area contributed by atoms with E-state index in [1.54, 1.807) is 25.6 Å². The number of hydrogen-bond donors (Lipinski definition) is 1. The number of carbonyl (C=O) groups is 1. The molecule has 0 unspecified atom stereocenters. The molecule has 3 aromatic rings. The van der Waals surface area contributed by atoms with Crippen LogP contribution in [0.4, 0.5) is 5.69 Å². The molecule has 0 saturated heterocycles. The van der Waals surface area contributed by atoms with E-state index in [2.05, 4.69) is 10.3 Å². The molecule has 0 spiro atoms. The predicted molar refractivity (Wildman–Crippen MR) is 99.2 cm³/mol. The molecule has 0 radical (unpaired) electrons. The van der Waals surface area contributed by atoms with Crippen molar-refractivity contribution in [1.82, 2.24) is 4.98 Å². The van der Waals surface area contributed by atoms with Crippen molar-refractivity contribution in [2.45, 2.75) is 13.3 Å². The number of anilines is 1. The van der Waals surface area contributed by atoms with Crippen molar-refractivity contribution in [2.24, 2.45) is 0 Å². The second-order valence-electron chi connectivity index (χ2n) is 5.87. The molecule has 4 heteroatoms. The minimum Gasteiger partial charge on any atom is -0.496 e. The van der Waals surface area contributed by atoms with E-state index in [-0.39, 0.29) is 5.91 Å². The summed E-state index contributed by atoms with van der Waals surface area (Å²) in [6, 6.07) is 17.3. The highest BCUT2D eigenvalue weighted by Crippen LogP contribution is 2.20. The molecular weight excluding hydrogens is 312 g/mol. The van der Waals surface area contributed by atoms with E-state index in [4.69, 9.17) is 4.74 Å². The van der Waals surface area contributed by atoms with Crippen molar-refractivity contribution in [2.75, 3.05) is 12.4 Å². The van der Waals surface area contributed by atoms with Crippen LogP contribution in [0.15, 0.2) is 67.0 Å². The van der Waals surface area contributed by atoms with E-state index >= 15 is 0 Å². The summed E-state index contributed by atoms with van der Waals surface area (Å²) < 4.78 is 5.22. The molecule has 0 saturated carbocycles. The smallest absolute Gasteiger partial charge is 0.255 e. The van der Waals surface area contributed by atoms with E-state index in [0.29, 0.717) is 5.56 Å². The van der Waals surface area contributed by atoms with E-state index in [1.807, 2.05) is 55.5 Å². The summed E-state index contributed by atoms with van der Waals surface area (Å²) >= 11 is 0. The standard InChI is InChI=1S/C21H20N2O2/c1-15-13-18(5-8-20(15)25-2)21(24)23-19-6-3-16(4-7-19)14-17-9-11-22-12-10-17/h3-13H,14H2,1-2H3,(H,23,24). The van der Waals surface area contributed by atoms with E-state index in [1.165, 1.54) is 11.1 Å². The molecule has 126 valence electrons. The lowest BCUT2D eigenvalue weighted by Crippen LogP contribution is -2.12. The first-order valence-corrected chi connectivity index (χ1v) is 8.09. The zero-order chi connectivity index (χ0) is 17.6. The fourth-order valence-corrected chi connectivity index (χ4v) is 2.67. The molecule has 0 aliphatic rings. The lowest BCUT2D eigenvalue weighted by molar-refractivity contribution is 0.102. The van der Waals surface area contributed by atoms with Crippen LogP contribution in [-0.2, 0) is 6.42 Å². The molecule has 0 aliphatic heterocycles. The Balaban J connectivity index is 1.66. The van der Waals surface area contributed by atoms with E-state index < -0.39 is 0 Å². The van der Waals surface area contributed by atoms with Gasteiger partial charge in [-0.2, -0.15) is 0 Å². The molecule has 0 aliphatic carbocycles. The molecule has 4 nitrogen and oxygen atoms in total. The number of aryl methyl sites for hydroxylation is 1. The Morgan fingerprint density at radius 1 is 1.00 bits per heavy atom. The molecule has 0 atom stereocenters. The van der Waals surface area contributed by atoms with Gasteiger partial charge in [0.25, 0.3) is 5.91 Å². The molecule has 25 heavy (non-hydrogen) atoms. The maximum Gasteiger partial charge on any atom is 0.255 e. The van der Waals surface area contributed by atoms with E-state index in [0.717, 1.165) is 23.4 Å². The van der Waals surface area contributed by atoms with Crippen LogP contribution in [-0.4, -0.2) is 18.0 Å². The number of aromatic nitrogens is 1. The number of carbonyl (C=O) groups excluding carboxylic acids is 1. The zero-order valence-electron chi connectivity index (χ0n) is 14.3. The summed E-state index contributed by atoms with van der Waals surface area (Å²) in [6.45, 7) is 1.92. The van der Waals surface area contributed by atoms with Crippen LogP contribution in [0.2, 0.25) is 0 Å². The monoisotopic (exact) mass is 332 g/mol. The summed E-state index contributed by atoms with van der Waals surface area (Å²) in [7, 11) is 1.62. The first-order chi connectivity index (χ1) is 12.2. The lowest BCUT2D eigenvalue weighted by atomic mass is 10.1. The second-order valence-corrected chi connectivity index (χ2v) is 5.87. The minimum absolute atomic E-state index is 0.132. The molecule has 3 rings (SSSR count). The van der Waals surface area contributed by atoms with Gasteiger partial charge in [-0.15, -0.1) is 0 Å². The number of amides is 1. The highest BCUT2D eigenvalue weighted by atomic mass is 16.5. The third kappa shape index (κ3) is 4.23. The van der Waals surface area contributed by atoms with E-state index in [9.17, 15) is 4.79 Å². The Bertz CT molecular complexity index is 859. The summed E-state index contributed by atoms with van der Waals surface area (Å²) in [5, 5.41) is 2.92. The maximum absolute atomic E-state index is 12.4. The Hall–Kier alpha value is -3.14. The summed E-state index contributed by atoms with van der Waals surface area (Å²) in [4.78, 5) is 16.4. The van der Waals surface area contributed by atoms with Crippen LogP contribution >= 0.6 is 0 Å². The van der Waals surface area contributed by atoms with Gasteiger partial charge in [0.15, 0.2) is 0 Å². The molecule has 1 N–H and O–H groups in total. The normalized spacial score (nSPS) is 10.3. The number of methoxy groups -OCH3 is 1. The van der Waals surface area contributed by atoms with Crippen molar-refractivity contribution in [3.63, 3.8) is 0 Å². The number of hydrogen-bond acceptors (Lipinski definition) is 3. The van der Waals surface area contributed by atoms with Crippen LogP contribution < -0.4 is 10.1 Å². The van der Waals surface area contributed by atoms with Crippen LogP contribution in [0.3, 0.4) is 0 Å². The van der Waals surface area contributed by atoms with Gasteiger partial charge in [0.2, 0.25) is 0 Å². The maximum atomic E-state index is 12.4. The summed E-state index contributed by atoms with van der Waals surface area (Å²) in [6.07, 6.45) is 4.43. The number of ether oxygens (including phenoxy) is 1. The molecule has 0 fully saturated rings. The largest absolute Gasteiger partial charge is 0.496 e. The van der Waals surface area contributed by atoms with Gasteiger partial charge in [0, 0.05) is 23.6 Å². The highest BCUT2D eigenvalue weighted by molar-refractivity contribution is 6.04. The molecule has 0 bridgehead atoms. The number of nitrogens with one attached hydrogen (secondary N) is 1. The first-order valence-electron chi connectivity index (χ1n) is 8.09. The third-order valence-electron chi connectivity index (χ3n) is 4.03. The van der Waals surface area contributed by atoms with Crippen molar-refractivity contribution in [1.29, 1.82) is 0 Å². The van der Waals surface area contributed by atoms with Crippen LogP contribution in [0.5, 0.6) is 5.75 Å². The van der Waals surface area contributed by atoms with Gasteiger partial charge < -0.3 is 10.1 Å². The topological polar surface area (TPSA) is 51.2 Å². The van der Waals surface area contributed by atoms with Gasteiger partial charge in [-0.25, -0.2) is 0 Å². The van der Waals surface area contributed by atoms with Crippen LogP contribution in [0.1, 0.15) is 27.0 Å². The Kier molecular flexibility index (Phi) is 5.09. The fraction of sp³-hybridized carbons (Fsp3) is 0.143. The quantitative estimate of drug-likeness (QED) is 0.760. The van der Waals surface area contributed by atoms with Crippen LogP contribution in [0, 0.1) is 6.92 Å². The number of nitrogens with zero attached hydrogens (tertiary/aromatic N) is 1. The Morgan fingerprint density at radius 3 is 2.32 bits per heavy atom.